The average molecular weight is 326 g/mol. The second-order valence-electron chi connectivity index (χ2n) is 4.12. The summed E-state index contributed by atoms with van der Waals surface area (Å²) in [5.41, 5.74) is -0.164. The van der Waals surface area contributed by atoms with Gasteiger partial charge in [0.15, 0.2) is 0 Å². The maximum atomic E-state index is 11.9. The van der Waals surface area contributed by atoms with E-state index in [1.165, 1.54) is 6.20 Å². The van der Waals surface area contributed by atoms with Gasteiger partial charge in [-0.1, -0.05) is 48.7 Å². The number of aromatic nitrogens is 1. The number of halogens is 3. The van der Waals surface area contributed by atoms with Crippen LogP contribution in [0.15, 0.2) is 6.20 Å². The summed E-state index contributed by atoms with van der Waals surface area (Å²) >= 11 is 17.3. The number of nitrogens with one attached hydrogen (secondary N) is 1. The first-order valence-electron chi connectivity index (χ1n) is 5.28. The third-order valence-corrected chi connectivity index (χ3v) is 3.59. The number of hydrogen-bond acceptors (Lipinski definition) is 3. The number of carbonyl (C=O) groups is 2. The van der Waals surface area contributed by atoms with Crippen LogP contribution in [0.5, 0.6) is 0 Å². The van der Waals surface area contributed by atoms with Gasteiger partial charge in [-0.05, 0) is 5.92 Å². The Balaban J connectivity index is 3.02. The van der Waals surface area contributed by atoms with Crippen molar-refractivity contribution in [3.63, 3.8) is 0 Å². The smallest absolute Gasteiger partial charge is 0.326 e. The first-order chi connectivity index (χ1) is 8.75. The summed E-state index contributed by atoms with van der Waals surface area (Å²) in [6.45, 7) is 3.34. The van der Waals surface area contributed by atoms with Gasteiger partial charge in [-0.3, -0.25) is 4.79 Å². The Bertz CT molecular complexity index is 520. The highest BCUT2D eigenvalue weighted by atomic mass is 35.5. The van der Waals surface area contributed by atoms with Crippen molar-refractivity contribution in [3.05, 3.63) is 27.0 Å². The summed E-state index contributed by atoms with van der Waals surface area (Å²) in [6.07, 6.45) is 1.18. The molecule has 0 aromatic carbocycles. The van der Waals surface area contributed by atoms with Crippen LogP contribution in [0.4, 0.5) is 0 Å². The molecule has 0 saturated heterocycles. The molecular formula is C11H11Cl3N2O3. The number of carboxylic acids is 1. The van der Waals surface area contributed by atoms with E-state index >= 15 is 0 Å². The molecule has 0 saturated carbocycles. The molecule has 1 heterocycles. The van der Waals surface area contributed by atoms with E-state index in [4.69, 9.17) is 39.9 Å². The molecule has 0 unspecified atom stereocenters. The minimum Gasteiger partial charge on any atom is -0.480 e. The number of rotatable bonds is 4. The van der Waals surface area contributed by atoms with Crippen molar-refractivity contribution in [1.29, 1.82) is 0 Å². The zero-order valence-electron chi connectivity index (χ0n) is 10.1. The molecule has 0 spiro atoms. The van der Waals surface area contributed by atoms with Gasteiger partial charge in [0.1, 0.15) is 11.7 Å². The van der Waals surface area contributed by atoms with Gasteiger partial charge in [0, 0.05) is 6.20 Å². The predicted octanol–water partition coefficient (Wildman–Crippen LogP) is 2.88. The third kappa shape index (κ3) is 3.72. The lowest BCUT2D eigenvalue weighted by Gasteiger charge is -2.18. The van der Waals surface area contributed by atoms with Gasteiger partial charge >= 0.3 is 5.97 Å². The van der Waals surface area contributed by atoms with Crippen LogP contribution in [0.2, 0.25) is 15.1 Å². The normalized spacial score (nSPS) is 12.3. The minimum atomic E-state index is -1.14. The van der Waals surface area contributed by atoms with Crippen molar-refractivity contribution in [2.75, 3.05) is 0 Å². The number of nitrogens with zero attached hydrogens (tertiary/aromatic N) is 1. The average Bonchev–Trinajstić information content (AvgIpc) is 2.32. The fraction of sp³-hybridized carbons (Fsp3) is 0.364. The van der Waals surface area contributed by atoms with Crippen LogP contribution in [0, 0.1) is 5.92 Å². The zero-order valence-corrected chi connectivity index (χ0v) is 12.3. The molecular weight excluding hydrogens is 314 g/mol. The summed E-state index contributed by atoms with van der Waals surface area (Å²) in [5.74, 6) is -2.15. The van der Waals surface area contributed by atoms with E-state index < -0.39 is 17.9 Å². The molecule has 5 nitrogen and oxygen atoms in total. The first kappa shape index (κ1) is 16.0. The monoisotopic (exact) mass is 324 g/mol. The quantitative estimate of drug-likeness (QED) is 0.892. The minimum absolute atomic E-state index is 0.0000877. The zero-order chi connectivity index (χ0) is 14.7. The standard InChI is InChI=1S/C11H11Cl3N2O3/c1-4(2)8(11(18)19)16-10(17)9-7(14)6(13)5(12)3-15-9/h3-4,8H,1-2H3,(H,16,17)(H,18,19)/t8-/m1/s1. The second-order valence-corrected chi connectivity index (χ2v) is 5.28. The molecule has 1 rings (SSSR count). The molecule has 1 atom stereocenters. The fourth-order valence-electron chi connectivity index (χ4n) is 1.32. The molecule has 0 fully saturated rings. The van der Waals surface area contributed by atoms with E-state index in [1.807, 2.05) is 0 Å². The number of amides is 1. The Morgan fingerprint density at radius 2 is 1.84 bits per heavy atom. The Morgan fingerprint density at radius 1 is 1.26 bits per heavy atom. The molecule has 0 radical (unpaired) electrons. The van der Waals surface area contributed by atoms with E-state index in [0.29, 0.717) is 0 Å². The van der Waals surface area contributed by atoms with Gasteiger partial charge in [0.05, 0.1) is 15.1 Å². The molecule has 2 N–H and O–H groups in total. The SMILES string of the molecule is CC(C)[C@@H](NC(=O)c1ncc(Cl)c(Cl)c1Cl)C(=O)O. The molecule has 1 aromatic heterocycles. The van der Waals surface area contributed by atoms with Crippen LogP contribution in [-0.4, -0.2) is 28.0 Å². The van der Waals surface area contributed by atoms with Crippen LogP contribution >= 0.6 is 34.8 Å². The molecule has 0 aliphatic carbocycles. The lowest BCUT2D eigenvalue weighted by Crippen LogP contribution is -2.44. The third-order valence-electron chi connectivity index (χ3n) is 2.35. The Kier molecular flexibility index (Phi) is 5.40. The highest BCUT2D eigenvalue weighted by molar-refractivity contribution is 6.48. The van der Waals surface area contributed by atoms with Crippen LogP contribution in [0.1, 0.15) is 24.3 Å². The van der Waals surface area contributed by atoms with Crippen LogP contribution < -0.4 is 5.32 Å². The van der Waals surface area contributed by atoms with Gasteiger partial charge < -0.3 is 10.4 Å². The number of pyridine rings is 1. The van der Waals surface area contributed by atoms with Gasteiger partial charge in [-0.25, -0.2) is 9.78 Å². The molecule has 0 aliphatic heterocycles. The summed E-state index contributed by atoms with van der Waals surface area (Å²) in [7, 11) is 0. The fourth-order valence-corrected chi connectivity index (χ4v) is 1.89. The molecule has 1 aromatic rings. The Morgan fingerprint density at radius 3 is 2.32 bits per heavy atom. The van der Waals surface area contributed by atoms with Crippen molar-refractivity contribution < 1.29 is 14.7 Å². The van der Waals surface area contributed by atoms with Crippen molar-refractivity contribution in [1.82, 2.24) is 10.3 Å². The highest BCUT2D eigenvalue weighted by Gasteiger charge is 2.26. The summed E-state index contributed by atoms with van der Waals surface area (Å²) in [4.78, 5) is 26.7. The van der Waals surface area contributed by atoms with E-state index in [0.717, 1.165) is 0 Å². The van der Waals surface area contributed by atoms with E-state index in [2.05, 4.69) is 10.3 Å². The van der Waals surface area contributed by atoms with E-state index in [-0.39, 0.29) is 26.7 Å². The lowest BCUT2D eigenvalue weighted by molar-refractivity contribution is -0.140. The maximum absolute atomic E-state index is 11.9. The Labute approximate surface area is 124 Å². The topological polar surface area (TPSA) is 79.3 Å². The molecule has 0 aliphatic rings. The van der Waals surface area contributed by atoms with Crippen molar-refractivity contribution in [2.45, 2.75) is 19.9 Å². The predicted molar refractivity (Wildman–Crippen MR) is 73.0 cm³/mol. The van der Waals surface area contributed by atoms with E-state index in [9.17, 15) is 9.59 Å². The number of aliphatic carboxylic acids is 1. The van der Waals surface area contributed by atoms with Crippen LogP contribution in [0.3, 0.4) is 0 Å². The molecule has 8 heteroatoms. The summed E-state index contributed by atoms with van der Waals surface area (Å²) < 4.78 is 0. The number of carbonyl (C=O) groups excluding carboxylic acids is 1. The van der Waals surface area contributed by atoms with Crippen molar-refractivity contribution in [3.8, 4) is 0 Å². The van der Waals surface area contributed by atoms with Gasteiger partial charge in [-0.2, -0.15) is 0 Å². The highest BCUT2D eigenvalue weighted by Crippen LogP contribution is 2.31. The van der Waals surface area contributed by atoms with Crippen molar-refractivity contribution >= 4 is 46.7 Å². The number of hydrogen-bond donors (Lipinski definition) is 2. The maximum Gasteiger partial charge on any atom is 0.326 e. The second kappa shape index (κ2) is 6.41. The van der Waals surface area contributed by atoms with E-state index in [1.54, 1.807) is 13.8 Å². The number of carboxylic acid groups (broad SMARTS) is 1. The van der Waals surface area contributed by atoms with Crippen LogP contribution in [-0.2, 0) is 4.79 Å². The summed E-state index contributed by atoms with van der Waals surface area (Å²) in [6, 6.07) is -1.04. The van der Waals surface area contributed by atoms with Crippen LogP contribution in [0.25, 0.3) is 0 Å². The molecule has 0 bridgehead atoms. The summed E-state index contributed by atoms with van der Waals surface area (Å²) in [5, 5.41) is 11.3. The van der Waals surface area contributed by atoms with Gasteiger partial charge in [-0.15, -0.1) is 0 Å². The first-order valence-corrected chi connectivity index (χ1v) is 6.42. The lowest BCUT2D eigenvalue weighted by atomic mass is 10.0. The Hall–Kier alpha value is -1.04. The van der Waals surface area contributed by atoms with Crippen molar-refractivity contribution in [2.24, 2.45) is 5.92 Å². The van der Waals surface area contributed by atoms with Gasteiger partial charge in [0.2, 0.25) is 0 Å². The molecule has 104 valence electrons. The molecule has 1 amide bonds. The van der Waals surface area contributed by atoms with Gasteiger partial charge in [0.25, 0.3) is 5.91 Å². The largest absolute Gasteiger partial charge is 0.480 e. The molecule has 19 heavy (non-hydrogen) atoms.